The van der Waals surface area contributed by atoms with Crippen molar-refractivity contribution in [1.29, 1.82) is 0 Å². The summed E-state index contributed by atoms with van der Waals surface area (Å²) in [6.07, 6.45) is -7.32. The van der Waals surface area contributed by atoms with Crippen molar-refractivity contribution in [3.8, 4) is 0 Å². The second-order valence-corrected chi connectivity index (χ2v) is 6.66. The number of hydrogen-bond acceptors (Lipinski definition) is 4. The molecule has 0 amide bonds. The number of fused-ring (bicyclic) bond motifs is 1. The van der Waals surface area contributed by atoms with Crippen molar-refractivity contribution < 1.29 is 26.3 Å². The molecule has 0 saturated carbocycles. The molecule has 1 N–H and O–H groups in total. The van der Waals surface area contributed by atoms with Crippen LogP contribution < -0.4 is 10.8 Å². The van der Waals surface area contributed by atoms with E-state index in [4.69, 9.17) is 0 Å². The molecule has 0 spiro atoms. The molecule has 0 unspecified atom stereocenters. The lowest BCUT2D eigenvalue weighted by molar-refractivity contribution is -0.138. The number of hydrogen-bond donors (Lipinski definition) is 1. The van der Waals surface area contributed by atoms with Crippen LogP contribution in [0.25, 0.3) is 5.65 Å². The van der Waals surface area contributed by atoms with E-state index in [0.717, 1.165) is 24.3 Å². The van der Waals surface area contributed by atoms with Gasteiger partial charge in [0.2, 0.25) is 0 Å². The van der Waals surface area contributed by atoms with E-state index >= 15 is 0 Å². The minimum Gasteiger partial charge on any atom is -0.336 e. The molecule has 5 nitrogen and oxygen atoms in total. The molecule has 2 aromatic heterocycles. The molecule has 0 atom stereocenters. The highest BCUT2D eigenvalue weighted by Gasteiger charge is 2.30. The van der Waals surface area contributed by atoms with Crippen LogP contribution in [0.5, 0.6) is 0 Å². The number of benzene rings is 2. The second-order valence-electron chi connectivity index (χ2n) is 6.66. The lowest BCUT2D eigenvalue weighted by Gasteiger charge is -2.11. The summed E-state index contributed by atoms with van der Waals surface area (Å²) in [7, 11) is 0. The molecule has 0 aliphatic rings. The van der Waals surface area contributed by atoms with E-state index in [1.165, 1.54) is 24.3 Å². The molecule has 0 fully saturated rings. The fourth-order valence-electron chi connectivity index (χ4n) is 2.87. The predicted octanol–water partition coefficient (Wildman–Crippen LogP) is 5.74. The minimum atomic E-state index is -4.48. The van der Waals surface area contributed by atoms with Crippen LogP contribution in [0.1, 0.15) is 11.1 Å². The third-order valence-corrected chi connectivity index (χ3v) is 4.44. The van der Waals surface area contributed by atoms with Crippen molar-refractivity contribution in [1.82, 2.24) is 14.6 Å². The van der Waals surface area contributed by atoms with Gasteiger partial charge in [-0.05, 0) is 60.7 Å². The number of aromatic nitrogens is 3. The summed E-state index contributed by atoms with van der Waals surface area (Å²) in [5.41, 5.74) is -0.487. The number of anilines is 2. The van der Waals surface area contributed by atoms with E-state index in [-0.39, 0.29) is 17.0 Å². The molecule has 4 aromatic rings. The Hall–Kier alpha value is -3.89. The van der Waals surface area contributed by atoms with Gasteiger partial charge in [0.05, 0.1) is 16.8 Å². The number of pyridine rings is 1. The highest BCUT2D eigenvalue weighted by molar-refractivity contribution is 5.57. The fourth-order valence-corrected chi connectivity index (χ4v) is 2.87. The number of nitrogens with zero attached hydrogens (tertiary/aromatic N) is 4. The van der Waals surface area contributed by atoms with Gasteiger partial charge < -0.3 is 5.32 Å². The molecule has 0 saturated heterocycles. The Morgan fingerprint density at radius 3 is 1.91 bits per heavy atom. The minimum absolute atomic E-state index is 0.105. The van der Waals surface area contributed by atoms with Crippen molar-refractivity contribution >= 4 is 22.8 Å². The largest absolute Gasteiger partial charge is 0.416 e. The monoisotopic (exact) mass is 449 g/mol. The number of alkyl halides is 6. The summed E-state index contributed by atoms with van der Waals surface area (Å²) in [6, 6.07) is 13.6. The van der Waals surface area contributed by atoms with Crippen molar-refractivity contribution in [2.24, 2.45) is 4.99 Å². The maximum atomic E-state index is 12.8. The van der Waals surface area contributed by atoms with E-state index in [1.54, 1.807) is 28.8 Å². The Labute approximate surface area is 176 Å². The van der Waals surface area contributed by atoms with E-state index in [0.29, 0.717) is 11.3 Å². The topological polar surface area (TPSA) is 54.6 Å². The molecular weight excluding hydrogens is 436 g/mol. The first kappa shape index (κ1) is 21.3. The first-order valence-corrected chi connectivity index (χ1v) is 9.12. The third kappa shape index (κ3) is 4.56. The fraction of sp³-hybridized carbons (Fsp3) is 0.0952. The van der Waals surface area contributed by atoms with Gasteiger partial charge >= 0.3 is 12.4 Å². The van der Waals surface area contributed by atoms with Crippen LogP contribution in [0.4, 0.5) is 43.5 Å². The predicted molar refractivity (Wildman–Crippen MR) is 104 cm³/mol. The summed E-state index contributed by atoms with van der Waals surface area (Å²) in [6.45, 7) is 0. The SMILES string of the molecule is FC(F)(F)c1ccc(N=c2c(Nc3ccc(C(F)(F)F)cc3)nnc3ccccn23)cc1. The van der Waals surface area contributed by atoms with Crippen LogP contribution in [0.15, 0.2) is 77.9 Å². The molecule has 0 aliphatic heterocycles. The van der Waals surface area contributed by atoms with E-state index < -0.39 is 23.5 Å². The summed E-state index contributed by atoms with van der Waals surface area (Å²) in [4.78, 5) is 4.40. The Kier molecular flexibility index (Phi) is 5.33. The van der Waals surface area contributed by atoms with Gasteiger partial charge in [-0.25, -0.2) is 4.99 Å². The van der Waals surface area contributed by atoms with Gasteiger partial charge in [-0.15, -0.1) is 10.2 Å². The summed E-state index contributed by atoms with van der Waals surface area (Å²) in [5.74, 6) is 0.105. The van der Waals surface area contributed by atoms with Gasteiger partial charge in [0, 0.05) is 11.9 Å². The van der Waals surface area contributed by atoms with Gasteiger partial charge in [0.15, 0.2) is 17.0 Å². The van der Waals surface area contributed by atoms with E-state index in [1.807, 2.05) is 0 Å². The lowest BCUT2D eigenvalue weighted by atomic mass is 10.2. The van der Waals surface area contributed by atoms with E-state index in [2.05, 4.69) is 20.5 Å². The Bertz CT molecular complexity index is 1310. The number of rotatable bonds is 3. The van der Waals surface area contributed by atoms with Gasteiger partial charge in [-0.3, -0.25) is 4.40 Å². The second kappa shape index (κ2) is 7.98. The molecular formula is C21H13F6N5. The first-order chi connectivity index (χ1) is 15.1. The zero-order valence-electron chi connectivity index (χ0n) is 16.0. The van der Waals surface area contributed by atoms with Crippen molar-refractivity contribution in [3.05, 3.63) is 89.5 Å². The van der Waals surface area contributed by atoms with Crippen LogP contribution in [-0.4, -0.2) is 14.6 Å². The molecule has 11 heteroatoms. The Balaban J connectivity index is 1.79. The average Bonchev–Trinajstić information content (AvgIpc) is 2.75. The summed E-state index contributed by atoms with van der Waals surface area (Å²) >= 11 is 0. The average molecular weight is 449 g/mol. The molecule has 0 radical (unpaired) electrons. The first-order valence-electron chi connectivity index (χ1n) is 9.12. The molecule has 0 aliphatic carbocycles. The standard InChI is InChI=1S/C21H13F6N5/c22-20(23,24)13-4-8-15(9-5-13)28-18-19(32-12-2-1-3-17(32)30-31-18)29-16-10-6-14(7-11-16)21(25,26)27/h1-12H,(H,28,31). The van der Waals surface area contributed by atoms with Crippen molar-refractivity contribution in [2.75, 3.05) is 5.32 Å². The maximum Gasteiger partial charge on any atom is 0.416 e. The normalized spacial score (nSPS) is 12.9. The van der Waals surface area contributed by atoms with Gasteiger partial charge in [0.1, 0.15) is 0 Å². The number of halogens is 6. The van der Waals surface area contributed by atoms with Crippen molar-refractivity contribution in [2.45, 2.75) is 12.4 Å². The van der Waals surface area contributed by atoms with Crippen LogP contribution in [0.3, 0.4) is 0 Å². The maximum absolute atomic E-state index is 12.8. The van der Waals surface area contributed by atoms with Crippen LogP contribution in [0, 0.1) is 0 Å². The highest BCUT2D eigenvalue weighted by Crippen LogP contribution is 2.31. The Morgan fingerprint density at radius 1 is 0.719 bits per heavy atom. The quantitative estimate of drug-likeness (QED) is 0.406. The highest BCUT2D eigenvalue weighted by atomic mass is 19.4. The molecule has 4 rings (SSSR count). The molecule has 2 aromatic carbocycles. The number of nitrogens with one attached hydrogen (secondary N) is 1. The molecule has 164 valence electrons. The molecule has 2 heterocycles. The van der Waals surface area contributed by atoms with Crippen LogP contribution >= 0.6 is 0 Å². The van der Waals surface area contributed by atoms with Gasteiger partial charge in [-0.1, -0.05) is 6.07 Å². The molecule has 32 heavy (non-hydrogen) atoms. The van der Waals surface area contributed by atoms with Crippen LogP contribution in [0.2, 0.25) is 0 Å². The van der Waals surface area contributed by atoms with Gasteiger partial charge in [0.25, 0.3) is 0 Å². The summed E-state index contributed by atoms with van der Waals surface area (Å²) in [5, 5.41) is 11.0. The Morgan fingerprint density at radius 2 is 1.31 bits per heavy atom. The van der Waals surface area contributed by atoms with Gasteiger partial charge in [-0.2, -0.15) is 26.3 Å². The lowest BCUT2D eigenvalue weighted by Crippen LogP contribution is -2.21. The smallest absolute Gasteiger partial charge is 0.336 e. The zero-order valence-corrected chi connectivity index (χ0v) is 16.0. The summed E-state index contributed by atoms with van der Waals surface area (Å²) < 4.78 is 78.4. The third-order valence-electron chi connectivity index (χ3n) is 4.44. The molecule has 0 bridgehead atoms. The van der Waals surface area contributed by atoms with Crippen molar-refractivity contribution in [3.63, 3.8) is 0 Å². The zero-order chi connectivity index (χ0) is 22.9. The van der Waals surface area contributed by atoms with Crippen LogP contribution in [-0.2, 0) is 12.4 Å². The van der Waals surface area contributed by atoms with E-state index in [9.17, 15) is 26.3 Å².